The van der Waals surface area contributed by atoms with Gasteiger partial charge in [-0.2, -0.15) is 0 Å². The van der Waals surface area contributed by atoms with Crippen molar-refractivity contribution in [3.05, 3.63) is 35.9 Å². The molecule has 0 aromatic heterocycles. The van der Waals surface area contributed by atoms with E-state index in [1.54, 1.807) is 20.8 Å². The SMILES string of the molecule is CC(C)(CNC(=O)OCc1ccccc1)NNC(=O)OC(C)(C)C. The lowest BCUT2D eigenvalue weighted by Gasteiger charge is -2.27. The lowest BCUT2D eigenvalue weighted by atomic mass is 10.1. The molecular formula is C17H27N3O4. The summed E-state index contributed by atoms with van der Waals surface area (Å²) < 4.78 is 10.2. The van der Waals surface area contributed by atoms with Gasteiger partial charge in [0.15, 0.2) is 0 Å². The van der Waals surface area contributed by atoms with E-state index in [1.807, 2.05) is 44.2 Å². The van der Waals surface area contributed by atoms with Gasteiger partial charge in [0.05, 0.1) is 0 Å². The Morgan fingerprint density at radius 2 is 1.62 bits per heavy atom. The minimum atomic E-state index is -0.581. The smallest absolute Gasteiger partial charge is 0.422 e. The molecule has 24 heavy (non-hydrogen) atoms. The highest BCUT2D eigenvalue weighted by atomic mass is 16.6. The number of benzene rings is 1. The lowest BCUT2D eigenvalue weighted by Crippen LogP contribution is -2.56. The van der Waals surface area contributed by atoms with E-state index in [4.69, 9.17) is 9.47 Å². The van der Waals surface area contributed by atoms with Crippen molar-refractivity contribution in [2.45, 2.75) is 52.4 Å². The van der Waals surface area contributed by atoms with Crippen molar-refractivity contribution in [3.63, 3.8) is 0 Å². The summed E-state index contributed by atoms with van der Waals surface area (Å²) in [5.74, 6) is 0. The van der Waals surface area contributed by atoms with E-state index in [9.17, 15) is 9.59 Å². The van der Waals surface area contributed by atoms with Crippen LogP contribution in [0.1, 0.15) is 40.2 Å². The first-order chi connectivity index (χ1) is 11.1. The zero-order valence-corrected chi connectivity index (χ0v) is 14.9. The minimum Gasteiger partial charge on any atom is -0.445 e. The first-order valence-electron chi connectivity index (χ1n) is 7.78. The molecule has 0 atom stereocenters. The van der Waals surface area contributed by atoms with Crippen molar-refractivity contribution in [3.8, 4) is 0 Å². The molecule has 3 N–H and O–H groups in total. The van der Waals surface area contributed by atoms with Gasteiger partial charge in [-0.15, -0.1) is 0 Å². The number of hydrazine groups is 1. The summed E-state index contributed by atoms with van der Waals surface area (Å²) in [5, 5.41) is 2.65. The summed E-state index contributed by atoms with van der Waals surface area (Å²) in [6, 6.07) is 9.42. The molecule has 0 aliphatic heterocycles. The Morgan fingerprint density at radius 1 is 1.00 bits per heavy atom. The zero-order chi connectivity index (χ0) is 18.2. The Morgan fingerprint density at radius 3 is 2.21 bits per heavy atom. The number of rotatable bonds is 6. The molecule has 0 saturated heterocycles. The van der Waals surface area contributed by atoms with Gasteiger partial charge in [-0.25, -0.2) is 15.0 Å². The number of hydrogen-bond acceptors (Lipinski definition) is 5. The van der Waals surface area contributed by atoms with Crippen LogP contribution in [0.15, 0.2) is 30.3 Å². The molecule has 0 aliphatic rings. The fourth-order valence-corrected chi connectivity index (χ4v) is 1.64. The van der Waals surface area contributed by atoms with Gasteiger partial charge in [-0.3, -0.25) is 5.43 Å². The second-order valence-electron chi connectivity index (χ2n) is 7.05. The fraction of sp³-hybridized carbons (Fsp3) is 0.529. The Balaban J connectivity index is 2.28. The molecule has 7 heteroatoms. The van der Waals surface area contributed by atoms with Crippen LogP contribution in [0.25, 0.3) is 0 Å². The summed E-state index contributed by atoms with van der Waals surface area (Å²) in [7, 11) is 0. The van der Waals surface area contributed by atoms with Crippen molar-refractivity contribution >= 4 is 12.2 Å². The van der Waals surface area contributed by atoms with E-state index < -0.39 is 23.3 Å². The zero-order valence-electron chi connectivity index (χ0n) is 14.9. The Kier molecular flexibility index (Phi) is 7.03. The largest absolute Gasteiger partial charge is 0.445 e. The van der Waals surface area contributed by atoms with Gasteiger partial charge in [0.25, 0.3) is 0 Å². The first-order valence-corrected chi connectivity index (χ1v) is 7.78. The molecule has 0 aliphatic carbocycles. The molecule has 0 radical (unpaired) electrons. The van der Waals surface area contributed by atoms with Crippen LogP contribution < -0.4 is 16.2 Å². The maximum Gasteiger partial charge on any atom is 0.422 e. The summed E-state index contributed by atoms with van der Waals surface area (Å²) in [4.78, 5) is 23.3. The molecule has 0 heterocycles. The Hall–Kier alpha value is -2.28. The Labute approximate surface area is 143 Å². The summed E-state index contributed by atoms with van der Waals surface area (Å²) in [6.45, 7) is 9.45. The summed E-state index contributed by atoms with van der Waals surface area (Å²) in [6.07, 6.45) is -1.10. The van der Waals surface area contributed by atoms with Crippen molar-refractivity contribution in [2.24, 2.45) is 0 Å². The third-order valence-corrected chi connectivity index (χ3v) is 2.79. The standard InChI is InChI=1S/C17H27N3O4/c1-16(2,3)24-15(22)19-20-17(4,5)12-18-14(21)23-11-13-9-7-6-8-10-13/h6-10,20H,11-12H2,1-5H3,(H,18,21)(H,19,22). The predicted octanol–water partition coefficient (Wildman–Crippen LogP) is 2.72. The number of carbonyl (C=O) groups is 2. The molecule has 1 aromatic rings. The third kappa shape index (κ3) is 8.99. The number of alkyl carbamates (subject to hydrolysis) is 1. The van der Waals surface area contributed by atoms with E-state index in [2.05, 4.69) is 16.2 Å². The van der Waals surface area contributed by atoms with Gasteiger partial charge >= 0.3 is 12.2 Å². The molecule has 0 unspecified atom stereocenters. The highest BCUT2D eigenvalue weighted by Crippen LogP contribution is 2.06. The third-order valence-electron chi connectivity index (χ3n) is 2.79. The average molecular weight is 337 g/mol. The Bertz CT molecular complexity index is 539. The van der Waals surface area contributed by atoms with Crippen LogP contribution in [0, 0.1) is 0 Å². The molecular weight excluding hydrogens is 310 g/mol. The van der Waals surface area contributed by atoms with E-state index in [0.29, 0.717) is 0 Å². The van der Waals surface area contributed by atoms with Crippen LogP contribution in [0.4, 0.5) is 9.59 Å². The number of carbonyl (C=O) groups excluding carboxylic acids is 2. The van der Waals surface area contributed by atoms with Crippen LogP contribution in [-0.2, 0) is 16.1 Å². The summed E-state index contributed by atoms with van der Waals surface area (Å²) >= 11 is 0. The van der Waals surface area contributed by atoms with E-state index in [0.717, 1.165) is 5.56 Å². The maximum atomic E-state index is 11.7. The summed E-state index contributed by atoms with van der Waals surface area (Å²) in [5.41, 5.74) is 5.03. The van der Waals surface area contributed by atoms with Crippen molar-refractivity contribution < 1.29 is 19.1 Å². The number of hydrogen-bond donors (Lipinski definition) is 3. The quantitative estimate of drug-likeness (QED) is 0.695. The van der Waals surface area contributed by atoms with Gasteiger partial charge < -0.3 is 14.8 Å². The molecule has 7 nitrogen and oxygen atoms in total. The van der Waals surface area contributed by atoms with Crippen LogP contribution in [-0.4, -0.2) is 29.9 Å². The molecule has 0 fully saturated rings. The number of amides is 2. The first kappa shape index (κ1) is 19.8. The van der Waals surface area contributed by atoms with Crippen LogP contribution in [0.5, 0.6) is 0 Å². The normalized spacial score (nSPS) is 11.5. The molecule has 0 saturated carbocycles. The van der Waals surface area contributed by atoms with Crippen molar-refractivity contribution in [1.82, 2.24) is 16.2 Å². The molecule has 2 amide bonds. The van der Waals surface area contributed by atoms with Gasteiger partial charge in [0.2, 0.25) is 0 Å². The van der Waals surface area contributed by atoms with E-state index >= 15 is 0 Å². The average Bonchev–Trinajstić information content (AvgIpc) is 2.49. The number of nitrogens with one attached hydrogen (secondary N) is 3. The topological polar surface area (TPSA) is 88.7 Å². The van der Waals surface area contributed by atoms with Gasteiger partial charge in [0, 0.05) is 12.1 Å². The van der Waals surface area contributed by atoms with Gasteiger partial charge in [-0.05, 0) is 40.2 Å². The van der Waals surface area contributed by atoms with Gasteiger partial charge in [0.1, 0.15) is 12.2 Å². The minimum absolute atomic E-state index is 0.205. The van der Waals surface area contributed by atoms with Crippen LogP contribution in [0.2, 0.25) is 0 Å². The van der Waals surface area contributed by atoms with E-state index in [1.165, 1.54) is 0 Å². The maximum absolute atomic E-state index is 11.7. The molecule has 0 bridgehead atoms. The second-order valence-corrected chi connectivity index (χ2v) is 7.05. The predicted molar refractivity (Wildman–Crippen MR) is 91.2 cm³/mol. The molecule has 1 aromatic carbocycles. The molecule has 134 valence electrons. The van der Waals surface area contributed by atoms with Crippen molar-refractivity contribution in [1.29, 1.82) is 0 Å². The highest BCUT2D eigenvalue weighted by molar-refractivity contribution is 5.68. The van der Waals surface area contributed by atoms with Gasteiger partial charge in [-0.1, -0.05) is 30.3 Å². The molecule has 0 spiro atoms. The lowest BCUT2D eigenvalue weighted by molar-refractivity contribution is 0.0471. The van der Waals surface area contributed by atoms with Crippen molar-refractivity contribution in [2.75, 3.05) is 6.54 Å². The second kappa shape index (κ2) is 8.54. The monoisotopic (exact) mass is 337 g/mol. The van der Waals surface area contributed by atoms with E-state index in [-0.39, 0.29) is 13.2 Å². The fourth-order valence-electron chi connectivity index (χ4n) is 1.64. The van der Waals surface area contributed by atoms with Crippen LogP contribution >= 0.6 is 0 Å². The number of ether oxygens (including phenoxy) is 2. The highest BCUT2D eigenvalue weighted by Gasteiger charge is 2.22. The molecule has 1 rings (SSSR count). The van der Waals surface area contributed by atoms with Crippen LogP contribution in [0.3, 0.4) is 0 Å².